The first-order valence-corrected chi connectivity index (χ1v) is 12.1. The van der Waals surface area contributed by atoms with Crippen LogP contribution in [0.15, 0.2) is 60.8 Å². The van der Waals surface area contributed by atoms with Crippen molar-refractivity contribution in [2.75, 3.05) is 25.8 Å². The van der Waals surface area contributed by atoms with Gasteiger partial charge in [0.05, 0.1) is 36.0 Å². The van der Waals surface area contributed by atoms with Crippen molar-refractivity contribution in [1.82, 2.24) is 0 Å². The molecule has 4 aromatic rings. The van der Waals surface area contributed by atoms with Gasteiger partial charge in [-0.15, -0.1) is 0 Å². The molecule has 0 atom stereocenters. The van der Waals surface area contributed by atoms with Crippen molar-refractivity contribution in [3.05, 3.63) is 76.5 Å². The van der Waals surface area contributed by atoms with E-state index in [1.54, 1.807) is 7.11 Å². The molecule has 0 fully saturated rings. The zero-order chi connectivity index (χ0) is 26.2. The van der Waals surface area contributed by atoms with Crippen LogP contribution in [-0.4, -0.2) is 31.3 Å². The minimum Gasteiger partial charge on any atom is -1.00 e. The predicted molar refractivity (Wildman–Crippen MR) is 138 cm³/mol. The highest BCUT2D eigenvalue weighted by Gasteiger charge is 2.28. The van der Waals surface area contributed by atoms with Crippen LogP contribution in [0.5, 0.6) is 23.0 Å². The van der Waals surface area contributed by atoms with Crippen LogP contribution in [0.25, 0.3) is 22.0 Å². The third-order valence-corrected chi connectivity index (χ3v) is 6.73. The summed E-state index contributed by atoms with van der Waals surface area (Å²) < 4.78 is 25.0. The van der Waals surface area contributed by atoms with E-state index in [0.717, 1.165) is 46.5 Å². The number of anilines is 1. The molecule has 39 heavy (non-hydrogen) atoms. The molecular formula is C28H24BrN3O7. The van der Waals surface area contributed by atoms with Gasteiger partial charge in [0.1, 0.15) is 0 Å². The molecule has 2 aliphatic heterocycles. The van der Waals surface area contributed by atoms with E-state index in [9.17, 15) is 14.9 Å². The van der Waals surface area contributed by atoms with E-state index in [0.29, 0.717) is 17.2 Å². The summed E-state index contributed by atoms with van der Waals surface area (Å²) in [4.78, 5) is 22.8. The highest BCUT2D eigenvalue weighted by atomic mass is 79.9. The second kappa shape index (κ2) is 10.8. The molecular weight excluding hydrogens is 570 g/mol. The summed E-state index contributed by atoms with van der Waals surface area (Å²) in [6.07, 6.45) is 3.01. The van der Waals surface area contributed by atoms with Gasteiger partial charge >= 0.3 is 0 Å². The van der Waals surface area contributed by atoms with Gasteiger partial charge in [0.25, 0.3) is 5.69 Å². The zero-order valence-corrected chi connectivity index (χ0v) is 22.5. The number of ether oxygens (including phenoxy) is 4. The lowest BCUT2D eigenvalue weighted by atomic mass is 9.95. The normalized spacial score (nSPS) is 12.6. The summed E-state index contributed by atoms with van der Waals surface area (Å²) in [7, 11) is 1.58. The fraction of sp³-hybridized carbons (Fsp3) is 0.214. The smallest absolute Gasteiger partial charge is 0.269 e. The Morgan fingerprint density at radius 3 is 2.62 bits per heavy atom. The first kappa shape index (κ1) is 26.2. The monoisotopic (exact) mass is 593 g/mol. The summed E-state index contributed by atoms with van der Waals surface area (Å²) in [5.74, 6) is 2.42. The lowest BCUT2D eigenvalue weighted by Gasteiger charge is -2.18. The number of methoxy groups -OCH3 is 1. The number of carbonyl (C=O) groups is 1. The number of aryl methyl sites for hydroxylation is 2. The Labute approximate surface area is 234 Å². The third kappa shape index (κ3) is 5.05. The van der Waals surface area contributed by atoms with Gasteiger partial charge in [0.2, 0.25) is 18.4 Å². The van der Waals surface area contributed by atoms with E-state index in [4.69, 9.17) is 18.9 Å². The number of non-ortho nitro benzene ring substituents is 1. The summed E-state index contributed by atoms with van der Waals surface area (Å²) in [6, 6.07) is 15.8. The average Bonchev–Trinajstić information content (AvgIpc) is 3.38. The maximum absolute atomic E-state index is 12.4. The van der Waals surface area contributed by atoms with Crippen molar-refractivity contribution < 1.29 is 50.2 Å². The van der Waals surface area contributed by atoms with Crippen LogP contribution in [0.1, 0.15) is 12.0 Å². The molecule has 6 rings (SSSR count). The molecule has 10 nitrogen and oxygen atoms in total. The minimum atomic E-state index is -0.486. The fourth-order valence-corrected chi connectivity index (χ4v) is 4.84. The number of fused-ring (bicyclic) bond motifs is 5. The van der Waals surface area contributed by atoms with E-state index in [1.165, 1.54) is 29.8 Å². The molecule has 1 N–H and O–H groups in total. The number of amides is 1. The van der Waals surface area contributed by atoms with E-state index in [2.05, 4.69) is 28.2 Å². The van der Waals surface area contributed by atoms with Gasteiger partial charge in [-0.1, -0.05) is 0 Å². The van der Waals surface area contributed by atoms with Crippen LogP contribution in [0.3, 0.4) is 0 Å². The lowest BCUT2D eigenvalue weighted by molar-refractivity contribution is -0.686. The standard InChI is InChI=1S/C28H23N3O7.BrH/c1-35-24-7-2-17-12-23-21-14-26-25(37-16-38-26)13-18(21)8-10-30(23)15-22(17)28(24)36-11-9-27(32)29-19-3-5-20(6-4-19)31(33)34;/h2-7,12-15H,8-11,16H2,1H3;1H. The molecule has 2 aliphatic rings. The summed E-state index contributed by atoms with van der Waals surface area (Å²) in [6.45, 7) is 1.16. The Morgan fingerprint density at radius 1 is 1.10 bits per heavy atom. The van der Waals surface area contributed by atoms with Crippen LogP contribution in [-0.2, 0) is 17.8 Å². The largest absolute Gasteiger partial charge is 1.00 e. The van der Waals surface area contributed by atoms with Crippen molar-refractivity contribution in [1.29, 1.82) is 0 Å². The molecule has 3 heterocycles. The summed E-state index contributed by atoms with van der Waals surface area (Å²) in [5.41, 5.74) is 3.86. The van der Waals surface area contributed by atoms with Crippen molar-refractivity contribution in [3.8, 4) is 34.3 Å². The van der Waals surface area contributed by atoms with E-state index in [-0.39, 0.29) is 48.4 Å². The highest BCUT2D eigenvalue weighted by Crippen LogP contribution is 2.41. The number of hydrogen-bond acceptors (Lipinski definition) is 7. The third-order valence-electron chi connectivity index (χ3n) is 6.73. The van der Waals surface area contributed by atoms with E-state index in [1.807, 2.05) is 18.2 Å². The molecule has 0 bridgehead atoms. The van der Waals surface area contributed by atoms with Gasteiger partial charge in [-0.3, -0.25) is 14.9 Å². The van der Waals surface area contributed by atoms with Crippen LogP contribution in [0.4, 0.5) is 11.4 Å². The van der Waals surface area contributed by atoms with Crippen molar-refractivity contribution >= 4 is 28.1 Å². The molecule has 3 aromatic carbocycles. The second-order valence-electron chi connectivity index (χ2n) is 9.02. The number of nitro benzene ring substituents is 1. The molecule has 11 heteroatoms. The molecule has 1 aromatic heterocycles. The predicted octanol–water partition coefficient (Wildman–Crippen LogP) is 1.41. The number of pyridine rings is 1. The van der Waals surface area contributed by atoms with Crippen molar-refractivity contribution in [3.63, 3.8) is 0 Å². The zero-order valence-electron chi connectivity index (χ0n) is 20.9. The van der Waals surface area contributed by atoms with Gasteiger partial charge < -0.3 is 41.2 Å². The number of carbonyl (C=O) groups excluding carboxylic acids is 1. The SMILES string of the molecule is COc1ccc2cc3[n+](cc2c1OCCC(=O)Nc1ccc([N+](=O)[O-])cc1)CCc1cc2c(cc1-3)OCO2.[Br-]. The first-order chi connectivity index (χ1) is 18.5. The van der Waals surface area contributed by atoms with Gasteiger partial charge in [-0.25, -0.2) is 0 Å². The first-order valence-electron chi connectivity index (χ1n) is 12.1. The minimum absolute atomic E-state index is 0. The summed E-state index contributed by atoms with van der Waals surface area (Å²) in [5, 5.41) is 15.4. The maximum atomic E-state index is 12.4. The molecule has 0 saturated heterocycles. The van der Waals surface area contributed by atoms with Gasteiger partial charge in [0, 0.05) is 30.3 Å². The van der Waals surface area contributed by atoms with E-state index < -0.39 is 4.92 Å². The van der Waals surface area contributed by atoms with Crippen molar-refractivity contribution in [2.24, 2.45) is 0 Å². The Hall–Kier alpha value is -4.38. The quantitative estimate of drug-likeness (QED) is 0.196. The molecule has 1 amide bonds. The molecule has 200 valence electrons. The number of hydrogen-bond donors (Lipinski definition) is 1. The Balaban J connectivity index is 0.00000308. The number of nitrogens with one attached hydrogen (secondary N) is 1. The Morgan fingerprint density at radius 2 is 1.87 bits per heavy atom. The Kier molecular flexibility index (Phi) is 7.25. The number of nitro groups is 1. The lowest BCUT2D eigenvalue weighted by Crippen LogP contribution is -3.00. The molecule has 0 unspecified atom stereocenters. The van der Waals surface area contributed by atoms with Crippen LogP contribution >= 0.6 is 0 Å². The Bertz CT molecular complexity index is 1590. The van der Waals surface area contributed by atoms with Gasteiger partial charge in [-0.2, -0.15) is 4.57 Å². The molecule has 0 spiro atoms. The van der Waals surface area contributed by atoms with Crippen LogP contribution < -0.4 is 45.8 Å². The fourth-order valence-electron chi connectivity index (χ4n) is 4.84. The average molecular weight is 594 g/mol. The van der Waals surface area contributed by atoms with Crippen molar-refractivity contribution in [2.45, 2.75) is 19.4 Å². The highest BCUT2D eigenvalue weighted by molar-refractivity contribution is 5.92. The van der Waals surface area contributed by atoms with E-state index >= 15 is 0 Å². The number of nitrogens with zero attached hydrogens (tertiary/aromatic N) is 2. The number of rotatable bonds is 7. The number of aromatic nitrogens is 1. The molecule has 0 saturated carbocycles. The second-order valence-corrected chi connectivity index (χ2v) is 9.02. The molecule has 0 aliphatic carbocycles. The van der Waals surface area contributed by atoms with Gasteiger partial charge in [-0.05, 0) is 47.3 Å². The van der Waals surface area contributed by atoms with Crippen LogP contribution in [0, 0.1) is 10.1 Å². The number of halogens is 1. The maximum Gasteiger partial charge on any atom is 0.269 e. The molecule has 0 radical (unpaired) electrons. The topological polar surface area (TPSA) is 113 Å². The number of benzene rings is 3. The summed E-state index contributed by atoms with van der Waals surface area (Å²) >= 11 is 0. The van der Waals surface area contributed by atoms with Crippen LogP contribution in [0.2, 0.25) is 0 Å². The van der Waals surface area contributed by atoms with Gasteiger partial charge in [0.15, 0.2) is 35.7 Å².